The van der Waals surface area contributed by atoms with E-state index in [9.17, 15) is 4.79 Å². The lowest BCUT2D eigenvalue weighted by Crippen LogP contribution is -2.06. The minimum atomic E-state index is -0.866. The van der Waals surface area contributed by atoms with Gasteiger partial charge in [-0.3, -0.25) is 4.79 Å². The molecule has 5 nitrogen and oxygen atoms in total. The number of aromatic nitrogens is 2. The second-order valence-electron chi connectivity index (χ2n) is 4.48. The van der Waals surface area contributed by atoms with Crippen LogP contribution in [0.1, 0.15) is 19.9 Å². The fourth-order valence-corrected chi connectivity index (χ4v) is 2.88. The number of imidazole rings is 1. The van der Waals surface area contributed by atoms with Crippen LogP contribution in [-0.4, -0.2) is 33.0 Å². The Morgan fingerprint density at radius 3 is 3.00 bits per heavy atom. The minimum Gasteiger partial charge on any atom is -0.492 e. The summed E-state index contributed by atoms with van der Waals surface area (Å²) in [5.41, 5.74) is 1.67. The number of para-hydroxylation sites is 1. The van der Waals surface area contributed by atoms with Crippen molar-refractivity contribution < 1.29 is 14.6 Å². The van der Waals surface area contributed by atoms with Gasteiger partial charge in [0.2, 0.25) is 0 Å². The number of fused-ring (bicyclic) bond motifs is 1. The molecular weight excluding hydrogens is 288 g/mol. The second-order valence-corrected chi connectivity index (χ2v) is 5.42. The number of carboxylic acids is 1. The van der Waals surface area contributed by atoms with Gasteiger partial charge in [0.15, 0.2) is 5.16 Å². The lowest BCUT2D eigenvalue weighted by molar-refractivity contribution is -0.133. The number of aliphatic carboxylic acids is 1. The zero-order valence-corrected chi connectivity index (χ0v) is 12.9. The fourth-order valence-electron chi connectivity index (χ4n) is 2.07. The predicted octanol–water partition coefficient (Wildman–Crippen LogP) is 3.36. The highest BCUT2D eigenvalue weighted by molar-refractivity contribution is 7.99. The van der Waals surface area contributed by atoms with Crippen LogP contribution >= 0.6 is 11.8 Å². The van der Waals surface area contributed by atoms with E-state index in [4.69, 9.17) is 9.84 Å². The molecular formula is C15H18N2O3S. The molecule has 0 spiro atoms. The average molecular weight is 306 g/mol. The van der Waals surface area contributed by atoms with Crippen molar-refractivity contribution in [2.45, 2.75) is 25.0 Å². The summed E-state index contributed by atoms with van der Waals surface area (Å²) in [5.74, 6) is -0.186. The molecule has 1 aromatic carbocycles. The Hall–Kier alpha value is -1.95. The van der Waals surface area contributed by atoms with Crippen molar-refractivity contribution >= 4 is 28.8 Å². The van der Waals surface area contributed by atoms with E-state index < -0.39 is 5.97 Å². The van der Waals surface area contributed by atoms with Gasteiger partial charge in [0, 0.05) is 0 Å². The maximum Gasteiger partial charge on any atom is 0.313 e. The van der Waals surface area contributed by atoms with Crippen LogP contribution in [-0.2, 0) is 4.79 Å². The Kier molecular flexibility index (Phi) is 4.90. The summed E-state index contributed by atoms with van der Waals surface area (Å²) in [5, 5.41) is 9.53. The molecule has 0 radical (unpaired) electrons. The molecule has 112 valence electrons. The Morgan fingerprint density at radius 1 is 1.62 bits per heavy atom. The van der Waals surface area contributed by atoms with Gasteiger partial charge in [-0.1, -0.05) is 23.9 Å². The van der Waals surface area contributed by atoms with Crippen molar-refractivity contribution in [1.29, 1.82) is 0 Å². The first-order chi connectivity index (χ1) is 10.1. The first-order valence-electron chi connectivity index (χ1n) is 6.69. The fraction of sp³-hybridized carbons (Fsp3) is 0.333. The third-order valence-electron chi connectivity index (χ3n) is 3.02. The van der Waals surface area contributed by atoms with Crippen molar-refractivity contribution in [2.75, 3.05) is 12.4 Å². The number of carbonyl (C=O) groups is 1. The molecule has 0 fully saturated rings. The van der Waals surface area contributed by atoms with E-state index in [0.29, 0.717) is 17.5 Å². The number of benzene rings is 1. The van der Waals surface area contributed by atoms with Crippen LogP contribution in [0.15, 0.2) is 36.0 Å². The Labute approximate surface area is 127 Å². The Morgan fingerprint density at radius 2 is 2.38 bits per heavy atom. The highest BCUT2D eigenvalue weighted by atomic mass is 32.2. The van der Waals surface area contributed by atoms with Crippen LogP contribution in [0.2, 0.25) is 0 Å². The molecule has 0 amide bonds. The summed E-state index contributed by atoms with van der Waals surface area (Å²) >= 11 is 1.20. The SMILES string of the molecule is C=CC(C)n1c(SCC(=O)O)nc2c(OCC)cccc21. The molecule has 6 heteroatoms. The topological polar surface area (TPSA) is 64.4 Å². The largest absolute Gasteiger partial charge is 0.492 e. The number of hydrogen-bond donors (Lipinski definition) is 1. The van der Waals surface area contributed by atoms with Gasteiger partial charge >= 0.3 is 5.97 Å². The molecule has 1 N–H and O–H groups in total. The monoisotopic (exact) mass is 306 g/mol. The van der Waals surface area contributed by atoms with E-state index in [1.165, 1.54) is 11.8 Å². The molecule has 2 rings (SSSR count). The molecule has 1 heterocycles. The van der Waals surface area contributed by atoms with Crippen LogP contribution in [0.5, 0.6) is 5.75 Å². The van der Waals surface area contributed by atoms with Gasteiger partial charge in [0.05, 0.1) is 23.9 Å². The summed E-state index contributed by atoms with van der Waals surface area (Å²) in [6.07, 6.45) is 1.80. The van der Waals surface area contributed by atoms with Crippen LogP contribution in [0.3, 0.4) is 0 Å². The summed E-state index contributed by atoms with van der Waals surface area (Å²) in [6.45, 7) is 8.28. The molecule has 0 saturated heterocycles. The molecule has 0 aliphatic rings. The first kappa shape index (κ1) is 15.4. The molecule has 2 aromatic rings. The van der Waals surface area contributed by atoms with Gasteiger partial charge in [-0.25, -0.2) is 4.98 Å². The van der Waals surface area contributed by atoms with Crippen molar-refractivity contribution in [1.82, 2.24) is 9.55 Å². The van der Waals surface area contributed by atoms with E-state index in [1.807, 2.05) is 36.6 Å². The van der Waals surface area contributed by atoms with Crippen molar-refractivity contribution in [3.63, 3.8) is 0 Å². The molecule has 21 heavy (non-hydrogen) atoms. The van der Waals surface area contributed by atoms with Gasteiger partial charge in [0.25, 0.3) is 0 Å². The highest BCUT2D eigenvalue weighted by Gasteiger charge is 2.18. The van der Waals surface area contributed by atoms with Crippen molar-refractivity contribution in [3.05, 3.63) is 30.9 Å². The molecule has 0 bridgehead atoms. The molecule has 1 atom stereocenters. The maximum atomic E-state index is 10.8. The van der Waals surface area contributed by atoms with Gasteiger partial charge in [0.1, 0.15) is 11.3 Å². The van der Waals surface area contributed by atoms with Crippen molar-refractivity contribution in [2.24, 2.45) is 0 Å². The summed E-state index contributed by atoms with van der Waals surface area (Å²) in [7, 11) is 0. The van der Waals surface area contributed by atoms with Crippen LogP contribution in [0, 0.1) is 0 Å². The van der Waals surface area contributed by atoms with E-state index in [0.717, 1.165) is 11.0 Å². The van der Waals surface area contributed by atoms with E-state index in [-0.39, 0.29) is 11.8 Å². The zero-order valence-electron chi connectivity index (χ0n) is 12.1. The molecule has 0 aliphatic heterocycles. The highest BCUT2D eigenvalue weighted by Crippen LogP contribution is 2.32. The normalized spacial score (nSPS) is 12.3. The van der Waals surface area contributed by atoms with Crippen LogP contribution < -0.4 is 4.74 Å². The third kappa shape index (κ3) is 3.21. The van der Waals surface area contributed by atoms with Crippen LogP contribution in [0.4, 0.5) is 0 Å². The number of nitrogens with zero attached hydrogens (tertiary/aromatic N) is 2. The summed E-state index contributed by atoms with van der Waals surface area (Å²) in [4.78, 5) is 15.4. The Bertz CT molecular complexity index is 666. The number of thioether (sulfide) groups is 1. The number of allylic oxidation sites excluding steroid dienone is 1. The molecule has 0 saturated carbocycles. The number of rotatable bonds is 7. The van der Waals surface area contributed by atoms with Crippen molar-refractivity contribution in [3.8, 4) is 5.75 Å². The molecule has 1 unspecified atom stereocenters. The van der Waals surface area contributed by atoms with E-state index in [2.05, 4.69) is 11.6 Å². The minimum absolute atomic E-state index is 0.0168. The standard InChI is InChI=1S/C15H18N2O3S/c1-4-10(3)17-11-7-6-8-12(20-5-2)14(11)16-15(17)21-9-13(18)19/h4,6-8,10H,1,5,9H2,2-3H3,(H,18,19). The lowest BCUT2D eigenvalue weighted by Gasteiger charge is -2.13. The maximum absolute atomic E-state index is 10.8. The van der Waals surface area contributed by atoms with Gasteiger partial charge in [-0.05, 0) is 26.0 Å². The quantitative estimate of drug-likeness (QED) is 0.627. The van der Waals surface area contributed by atoms with E-state index >= 15 is 0 Å². The number of ether oxygens (including phenoxy) is 1. The van der Waals surface area contributed by atoms with Crippen LogP contribution in [0.25, 0.3) is 11.0 Å². The van der Waals surface area contributed by atoms with Gasteiger partial charge in [-0.2, -0.15) is 0 Å². The Balaban J connectivity index is 2.57. The third-order valence-corrected chi connectivity index (χ3v) is 3.96. The average Bonchev–Trinajstić information content (AvgIpc) is 2.84. The smallest absolute Gasteiger partial charge is 0.313 e. The predicted molar refractivity (Wildman–Crippen MR) is 84.2 cm³/mol. The molecule has 1 aromatic heterocycles. The first-order valence-corrected chi connectivity index (χ1v) is 7.68. The second kappa shape index (κ2) is 6.67. The zero-order chi connectivity index (χ0) is 15.4. The number of carboxylic acid groups (broad SMARTS) is 1. The van der Waals surface area contributed by atoms with E-state index in [1.54, 1.807) is 6.08 Å². The number of hydrogen-bond acceptors (Lipinski definition) is 4. The molecule has 0 aliphatic carbocycles. The van der Waals surface area contributed by atoms with Gasteiger partial charge < -0.3 is 14.4 Å². The lowest BCUT2D eigenvalue weighted by atomic mass is 10.2. The summed E-state index contributed by atoms with van der Waals surface area (Å²) < 4.78 is 7.58. The van der Waals surface area contributed by atoms with Gasteiger partial charge in [-0.15, -0.1) is 6.58 Å². The summed E-state index contributed by atoms with van der Waals surface area (Å²) in [6, 6.07) is 5.75.